The largest absolute Gasteiger partial charge is 0.454 e. The minimum absolute atomic E-state index is 0.0987. The molecule has 2 aromatic rings. The van der Waals surface area contributed by atoms with Crippen LogP contribution in [0.5, 0.6) is 0 Å². The number of aliphatic hydroxyl groups is 1. The van der Waals surface area contributed by atoms with Gasteiger partial charge in [0, 0.05) is 19.3 Å². The predicted octanol–water partition coefficient (Wildman–Crippen LogP) is 2.60. The average Bonchev–Trinajstić information content (AvgIpc) is 2.80. The van der Waals surface area contributed by atoms with Gasteiger partial charge in [0.25, 0.3) is 0 Å². The third-order valence-electron chi connectivity index (χ3n) is 4.59. The van der Waals surface area contributed by atoms with Crippen molar-refractivity contribution in [2.45, 2.75) is 24.6 Å². The molecule has 7 heteroatoms. The van der Waals surface area contributed by atoms with E-state index in [2.05, 4.69) is 0 Å². The Balaban J connectivity index is 1.60. The molecule has 0 aromatic heterocycles. The standard InChI is InChI=1S/C24H24O7/c1-28-24-23(31-21(26)15-13-18-10-6-3-7-11-18)22(27)19(16-29-24)30-20(25)14-12-17-8-4-2-5-9-17/h2-15,19,22-24,27H,16H2,1H3/b14-12+,15-13-/t19-,22+,23-,24-/m1/s1. The first-order valence-corrected chi connectivity index (χ1v) is 9.77. The number of hydrogen-bond donors (Lipinski definition) is 1. The first kappa shape index (κ1) is 22.4. The van der Waals surface area contributed by atoms with E-state index in [0.29, 0.717) is 0 Å². The van der Waals surface area contributed by atoms with Crippen molar-refractivity contribution in [1.82, 2.24) is 0 Å². The Morgan fingerprint density at radius 2 is 1.42 bits per heavy atom. The number of rotatable bonds is 7. The van der Waals surface area contributed by atoms with E-state index in [0.717, 1.165) is 11.1 Å². The number of esters is 2. The molecule has 3 rings (SSSR count). The summed E-state index contributed by atoms with van der Waals surface area (Å²) in [5.74, 6) is -1.34. The van der Waals surface area contributed by atoms with Gasteiger partial charge in [0.2, 0.25) is 0 Å². The summed E-state index contributed by atoms with van der Waals surface area (Å²) in [4.78, 5) is 24.4. The maximum Gasteiger partial charge on any atom is 0.331 e. The topological polar surface area (TPSA) is 91.3 Å². The highest BCUT2D eigenvalue weighted by Crippen LogP contribution is 2.22. The van der Waals surface area contributed by atoms with Gasteiger partial charge >= 0.3 is 11.9 Å². The molecule has 1 aliphatic heterocycles. The van der Waals surface area contributed by atoms with Crippen LogP contribution in [-0.2, 0) is 28.5 Å². The number of carbonyl (C=O) groups excluding carboxylic acids is 2. The third-order valence-corrected chi connectivity index (χ3v) is 4.59. The fourth-order valence-corrected chi connectivity index (χ4v) is 3.01. The molecule has 1 heterocycles. The van der Waals surface area contributed by atoms with E-state index in [-0.39, 0.29) is 6.61 Å². The molecule has 162 valence electrons. The maximum absolute atomic E-state index is 12.2. The van der Waals surface area contributed by atoms with Crippen LogP contribution < -0.4 is 0 Å². The number of ether oxygens (including phenoxy) is 4. The highest BCUT2D eigenvalue weighted by Gasteiger charge is 2.44. The van der Waals surface area contributed by atoms with Gasteiger partial charge in [0.15, 0.2) is 18.5 Å². The Kier molecular flexibility index (Phi) is 8.12. The third kappa shape index (κ3) is 6.62. The first-order valence-electron chi connectivity index (χ1n) is 9.77. The van der Waals surface area contributed by atoms with Gasteiger partial charge in [0.1, 0.15) is 6.10 Å². The van der Waals surface area contributed by atoms with Crippen LogP contribution in [-0.4, -0.2) is 55.4 Å². The zero-order valence-corrected chi connectivity index (χ0v) is 17.0. The summed E-state index contributed by atoms with van der Waals surface area (Å²) in [5, 5.41) is 10.6. The number of benzene rings is 2. The molecule has 0 unspecified atom stereocenters. The van der Waals surface area contributed by atoms with Crippen LogP contribution in [0.2, 0.25) is 0 Å². The van der Waals surface area contributed by atoms with Crippen molar-refractivity contribution in [3.63, 3.8) is 0 Å². The molecule has 1 fully saturated rings. The Hall–Kier alpha value is -3.26. The molecular weight excluding hydrogens is 400 g/mol. The second-order valence-corrected chi connectivity index (χ2v) is 6.79. The summed E-state index contributed by atoms with van der Waals surface area (Å²) in [6.07, 6.45) is 1.20. The van der Waals surface area contributed by atoms with Crippen LogP contribution >= 0.6 is 0 Å². The second-order valence-electron chi connectivity index (χ2n) is 6.79. The van der Waals surface area contributed by atoms with Crippen LogP contribution in [0.15, 0.2) is 72.8 Å². The van der Waals surface area contributed by atoms with Gasteiger partial charge in [0.05, 0.1) is 6.61 Å². The fraction of sp³-hybridized carbons (Fsp3) is 0.250. The van der Waals surface area contributed by atoms with E-state index in [9.17, 15) is 14.7 Å². The Morgan fingerprint density at radius 3 is 1.94 bits per heavy atom. The summed E-state index contributed by atoms with van der Waals surface area (Å²) in [6, 6.07) is 18.5. The molecule has 4 atom stereocenters. The van der Waals surface area contributed by atoms with E-state index < -0.39 is 36.5 Å². The molecule has 1 saturated heterocycles. The molecule has 7 nitrogen and oxygen atoms in total. The van der Waals surface area contributed by atoms with Gasteiger partial charge < -0.3 is 24.1 Å². The molecule has 0 aliphatic carbocycles. The lowest BCUT2D eigenvalue weighted by atomic mass is 10.0. The minimum atomic E-state index is -1.32. The van der Waals surface area contributed by atoms with Gasteiger partial charge in [-0.1, -0.05) is 60.7 Å². The van der Waals surface area contributed by atoms with Crippen LogP contribution in [0, 0.1) is 0 Å². The summed E-state index contributed by atoms with van der Waals surface area (Å²) in [6.45, 7) is -0.0987. The first-order chi connectivity index (χ1) is 15.1. The van der Waals surface area contributed by atoms with Gasteiger partial charge in [-0.15, -0.1) is 0 Å². The SMILES string of the molecule is CO[C@@H]1OC[C@@H](OC(=O)/C=C/c2ccccc2)[C@H](O)[C@H]1OC(=O)/C=C\c1ccccc1. The van der Waals surface area contributed by atoms with E-state index in [4.69, 9.17) is 18.9 Å². The van der Waals surface area contributed by atoms with Gasteiger partial charge in [-0.05, 0) is 23.3 Å². The van der Waals surface area contributed by atoms with E-state index in [1.165, 1.54) is 19.3 Å². The van der Waals surface area contributed by atoms with Crippen molar-refractivity contribution < 1.29 is 33.6 Å². The second kappa shape index (κ2) is 11.2. The van der Waals surface area contributed by atoms with Crippen molar-refractivity contribution in [3.8, 4) is 0 Å². The van der Waals surface area contributed by atoms with Crippen LogP contribution in [0.4, 0.5) is 0 Å². The molecule has 2 aromatic carbocycles. The van der Waals surface area contributed by atoms with Crippen LogP contribution in [0.1, 0.15) is 11.1 Å². The molecule has 0 spiro atoms. The lowest BCUT2D eigenvalue weighted by Gasteiger charge is -2.37. The van der Waals surface area contributed by atoms with Gasteiger partial charge in [-0.2, -0.15) is 0 Å². The fourth-order valence-electron chi connectivity index (χ4n) is 3.01. The minimum Gasteiger partial charge on any atom is -0.454 e. The smallest absolute Gasteiger partial charge is 0.331 e. The summed E-state index contributed by atoms with van der Waals surface area (Å²) >= 11 is 0. The maximum atomic E-state index is 12.2. The summed E-state index contributed by atoms with van der Waals surface area (Å²) in [5.41, 5.74) is 1.65. The Bertz CT molecular complexity index is 908. The van der Waals surface area contributed by atoms with Gasteiger partial charge in [-0.3, -0.25) is 0 Å². The molecule has 1 N–H and O–H groups in total. The quantitative estimate of drug-likeness (QED) is 0.540. The lowest BCUT2D eigenvalue weighted by molar-refractivity contribution is -0.269. The van der Waals surface area contributed by atoms with E-state index in [1.807, 2.05) is 60.7 Å². The molecule has 0 saturated carbocycles. The van der Waals surface area contributed by atoms with E-state index >= 15 is 0 Å². The van der Waals surface area contributed by atoms with Crippen molar-refractivity contribution in [1.29, 1.82) is 0 Å². The monoisotopic (exact) mass is 424 g/mol. The molecule has 31 heavy (non-hydrogen) atoms. The number of hydrogen-bond acceptors (Lipinski definition) is 7. The molecule has 0 amide bonds. The highest BCUT2D eigenvalue weighted by atomic mass is 16.7. The van der Waals surface area contributed by atoms with Crippen molar-refractivity contribution in [3.05, 3.63) is 83.9 Å². The number of aliphatic hydroxyl groups excluding tert-OH is 1. The number of methoxy groups -OCH3 is 1. The van der Waals surface area contributed by atoms with Gasteiger partial charge in [-0.25, -0.2) is 9.59 Å². The zero-order valence-electron chi connectivity index (χ0n) is 17.0. The molecule has 0 radical (unpaired) electrons. The van der Waals surface area contributed by atoms with Crippen molar-refractivity contribution in [2.75, 3.05) is 13.7 Å². The molecule has 1 aliphatic rings. The highest BCUT2D eigenvalue weighted by molar-refractivity contribution is 5.87. The van der Waals surface area contributed by atoms with E-state index in [1.54, 1.807) is 12.2 Å². The Morgan fingerprint density at radius 1 is 0.903 bits per heavy atom. The normalized spacial score (nSPS) is 23.7. The van der Waals surface area contributed by atoms with Crippen LogP contribution in [0.3, 0.4) is 0 Å². The van der Waals surface area contributed by atoms with Crippen LogP contribution in [0.25, 0.3) is 12.2 Å². The molecule has 0 bridgehead atoms. The predicted molar refractivity (Wildman–Crippen MR) is 113 cm³/mol. The average molecular weight is 424 g/mol. The van der Waals surface area contributed by atoms with Crippen molar-refractivity contribution >= 4 is 24.1 Å². The Labute approximate surface area is 180 Å². The number of carbonyl (C=O) groups is 2. The lowest BCUT2D eigenvalue weighted by Crippen LogP contribution is -2.56. The van der Waals surface area contributed by atoms with Crippen molar-refractivity contribution in [2.24, 2.45) is 0 Å². The summed E-state index contributed by atoms with van der Waals surface area (Å²) in [7, 11) is 1.37. The summed E-state index contributed by atoms with van der Waals surface area (Å²) < 4.78 is 21.3. The molecular formula is C24H24O7. The zero-order chi connectivity index (χ0) is 22.1.